The lowest BCUT2D eigenvalue weighted by Gasteiger charge is -2.21. The van der Waals surface area contributed by atoms with E-state index >= 15 is 0 Å². The highest BCUT2D eigenvalue weighted by atomic mass is 35.5. The second-order valence-corrected chi connectivity index (χ2v) is 8.97. The molecular formula is C28H25ClN4O4. The number of aromatic nitrogens is 2. The Morgan fingerprint density at radius 2 is 1.76 bits per heavy atom. The van der Waals surface area contributed by atoms with Crippen molar-refractivity contribution >= 4 is 45.5 Å². The molecule has 4 rings (SSSR count). The van der Waals surface area contributed by atoms with Crippen LogP contribution >= 0.6 is 11.6 Å². The average molecular weight is 517 g/mol. The summed E-state index contributed by atoms with van der Waals surface area (Å²) >= 11 is 6.39. The first-order valence-corrected chi connectivity index (χ1v) is 11.8. The molecule has 1 N–H and O–H groups in total. The van der Waals surface area contributed by atoms with Gasteiger partial charge in [0, 0.05) is 32.0 Å². The van der Waals surface area contributed by atoms with Crippen molar-refractivity contribution in [1.82, 2.24) is 14.9 Å². The monoisotopic (exact) mass is 516 g/mol. The minimum Gasteiger partial charge on any atom is -0.481 e. The number of halogens is 1. The molecule has 1 heterocycles. The van der Waals surface area contributed by atoms with Crippen molar-refractivity contribution in [3.63, 3.8) is 0 Å². The number of nitrogens with zero attached hydrogens (tertiary/aromatic N) is 3. The van der Waals surface area contributed by atoms with E-state index in [2.05, 4.69) is 15.3 Å². The maximum atomic E-state index is 13.5. The van der Waals surface area contributed by atoms with Gasteiger partial charge in [-0.2, -0.15) is 4.98 Å². The van der Waals surface area contributed by atoms with E-state index < -0.39 is 18.2 Å². The van der Waals surface area contributed by atoms with Crippen molar-refractivity contribution in [3.8, 4) is 5.88 Å². The topological polar surface area (TPSA) is 101 Å². The van der Waals surface area contributed by atoms with Crippen LogP contribution in [0.1, 0.15) is 39.0 Å². The Morgan fingerprint density at radius 1 is 1.00 bits per heavy atom. The summed E-state index contributed by atoms with van der Waals surface area (Å²) in [4.78, 5) is 48.2. The van der Waals surface area contributed by atoms with E-state index in [1.165, 1.54) is 24.3 Å². The lowest BCUT2D eigenvalue weighted by Crippen LogP contribution is -2.25. The van der Waals surface area contributed by atoms with Crippen molar-refractivity contribution < 1.29 is 19.1 Å². The molecule has 3 aromatic carbocycles. The summed E-state index contributed by atoms with van der Waals surface area (Å²) in [7, 11) is 4.72. The molecule has 37 heavy (non-hydrogen) atoms. The quantitative estimate of drug-likeness (QED) is 0.247. The van der Waals surface area contributed by atoms with Crippen LogP contribution in [0.25, 0.3) is 10.8 Å². The third kappa shape index (κ3) is 5.92. The first-order valence-electron chi connectivity index (χ1n) is 11.5. The molecule has 0 fully saturated rings. The summed E-state index contributed by atoms with van der Waals surface area (Å²) in [6.07, 6.45) is 0.976. The number of ketones is 2. The Labute approximate surface area is 219 Å². The number of benzene rings is 3. The molecular weight excluding hydrogens is 492 g/mol. The highest BCUT2D eigenvalue weighted by molar-refractivity contribution is 6.34. The maximum Gasteiger partial charge on any atom is 0.254 e. The maximum absolute atomic E-state index is 13.5. The van der Waals surface area contributed by atoms with Gasteiger partial charge in [-0.05, 0) is 40.6 Å². The van der Waals surface area contributed by atoms with Crippen LogP contribution in [-0.2, 0) is 4.79 Å². The zero-order valence-electron chi connectivity index (χ0n) is 20.6. The number of nitrogens with one attached hydrogen (secondary N) is 1. The number of hydrogen-bond acceptors (Lipinski definition) is 7. The van der Waals surface area contributed by atoms with Crippen molar-refractivity contribution in [2.45, 2.75) is 12.5 Å². The number of carbonyl (C=O) groups is 3. The normalized spacial score (nSPS) is 11.6. The molecule has 1 aromatic heterocycles. The molecule has 0 saturated carbocycles. The zero-order valence-corrected chi connectivity index (χ0v) is 21.3. The summed E-state index contributed by atoms with van der Waals surface area (Å²) in [6, 6.07) is 19.0. The minimum atomic E-state index is -0.870. The lowest BCUT2D eigenvalue weighted by atomic mass is 9.96. The molecule has 0 aliphatic rings. The standard InChI is InChI=1S/C28H25ClN4O4/c1-33(2)28(36)21-11-10-20(15-22(21)29)31-26(19-9-8-17-6-4-5-7-18(17)14-19)23(34)16-24(35)27-30-13-12-25(32-27)37-3/h4-15,26,31H,16H2,1-3H3. The molecule has 1 amide bonds. The first kappa shape index (κ1) is 25.8. The second-order valence-electron chi connectivity index (χ2n) is 8.57. The molecule has 1 atom stereocenters. The minimum absolute atomic E-state index is 0.0976. The summed E-state index contributed by atoms with van der Waals surface area (Å²) in [5.74, 6) is -1.00. The Morgan fingerprint density at radius 3 is 2.46 bits per heavy atom. The largest absolute Gasteiger partial charge is 0.481 e. The molecule has 0 aliphatic heterocycles. The van der Waals surface area contributed by atoms with E-state index in [9.17, 15) is 14.4 Å². The van der Waals surface area contributed by atoms with Crippen LogP contribution in [0.3, 0.4) is 0 Å². The number of rotatable bonds is 9. The van der Waals surface area contributed by atoms with Crippen LogP contribution in [-0.4, -0.2) is 53.5 Å². The van der Waals surface area contributed by atoms with Gasteiger partial charge in [-0.25, -0.2) is 4.98 Å². The van der Waals surface area contributed by atoms with Crippen molar-refractivity contribution in [2.24, 2.45) is 0 Å². The number of hydrogen-bond donors (Lipinski definition) is 1. The fourth-order valence-corrected chi connectivity index (χ4v) is 4.11. The van der Waals surface area contributed by atoms with Gasteiger partial charge >= 0.3 is 0 Å². The predicted molar refractivity (Wildman–Crippen MR) is 142 cm³/mol. The summed E-state index contributed by atoms with van der Waals surface area (Å²) < 4.78 is 5.06. The fraction of sp³-hybridized carbons (Fsp3) is 0.179. The van der Waals surface area contributed by atoms with Crippen molar-refractivity contribution in [1.29, 1.82) is 0 Å². The van der Waals surface area contributed by atoms with Crippen LogP contribution < -0.4 is 10.1 Å². The lowest BCUT2D eigenvalue weighted by molar-refractivity contribution is -0.119. The number of anilines is 1. The highest BCUT2D eigenvalue weighted by Crippen LogP contribution is 2.29. The third-order valence-electron chi connectivity index (χ3n) is 5.77. The molecule has 188 valence electrons. The number of amides is 1. The van der Waals surface area contributed by atoms with E-state index in [-0.39, 0.29) is 28.4 Å². The van der Waals surface area contributed by atoms with Gasteiger partial charge < -0.3 is 15.0 Å². The summed E-state index contributed by atoms with van der Waals surface area (Å²) in [5.41, 5.74) is 1.54. The Kier molecular flexibility index (Phi) is 7.79. The van der Waals surface area contributed by atoms with Gasteiger partial charge in [-0.3, -0.25) is 14.4 Å². The Hall–Kier alpha value is -4.30. The number of Topliss-reactive ketones (excluding diaryl/α,β-unsaturated/α-hetero) is 2. The smallest absolute Gasteiger partial charge is 0.254 e. The summed E-state index contributed by atoms with van der Waals surface area (Å²) in [5, 5.41) is 5.42. The van der Waals surface area contributed by atoms with Gasteiger partial charge in [0.2, 0.25) is 11.7 Å². The van der Waals surface area contributed by atoms with E-state index in [0.717, 1.165) is 10.8 Å². The van der Waals surface area contributed by atoms with Gasteiger partial charge in [0.15, 0.2) is 11.6 Å². The Bertz CT molecular complexity index is 1490. The van der Waals surface area contributed by atoms with Gasteiger partial charge in [0.25, 0.3) is 5.91 Å². The third-order valence-corrected chi connectivity index (χ3v) is 6.08. The van der Waals surface area contributed by atoms with Crippen molar-refractivity contribution in [2.75, 3.05) is 26.5 Å². The van der Waals surface area contributed by atoms with E-state index in [1.54, 1.807) is 32.3 Å². The van der Waals surface area contributed by atoms with Gasteiger partial charge in [0.1, 0.15) is 6.04 Å². The van der Waals surface area contributed by atoms with Crippen molar-refractivity contribution in [3.05, 3.63) is 94.9 Å². The van der Waals surface area contributed by atoms with Gasteiger partial charge in [-0.15, -0.1) is 0 Å². The number of fused-ring (bicyclic) bond motifs is 1. The molecule has 0 aliphatic carbocycles. The van der Waals surface area contributed by atoms with E-state index in [4.69, 9.17) is 16.3 Å². The van der Waals surface area contributed by atoms with E-state index in [0.29, 0.717) is 16.8 Å². The van der Waals surface area contributed by atoms with Crippen LogP contribution in [0, 0.1) is 0 Å². The number of ether oxygens (including phenoxy) is 1. The molecule has 0 spiro atoms. The second kappa shape index (κ2) is 11.2. The molecule has 0 bridgehead atoms. The van der Waals surface area contributed by atoms with Gasteiger partial charge in [-0.1, -0.05) is 48.0 Å². The predicted octanol–water partition coefficient (Wildman–Crippen LogP) is 4.99. The SMILES string of the molecule is COc1ccnc(C(=O)CC(=O)C(Nc2ccc(C(=O)N(C)C)c(Cl)c2)c2ccc3ccccc3c2)n1. The average Bonchev–Trinajstić information content (AvgIpc) is 2.91. The van der Waals surface area contributed by atoms with Crippen LogP contribution in [0.2, 0.25) is 5.02 Å². The fourth-order valence-electron chi connectivity index (χ4n) is 3.85. The molecule has 4 aromatic rings. The van der Waals surface area contributed by atoms with E-state index in [1.807, 2.05) is 42.5 Å². The zero-order chi connectivity index (χ0) is 26.5. The van der Waals surface area contributed by atoms with Crippen LogP contribution in [0.15, 0.2) is 72.9 Å². The van der Waals surface area contributed by atoms with Crippen LogP contribution in [0.5, 0.6) is 5.88 Å². The molecule has 9 heteroatoms. The number of carbonyl (C=O) groups excluding carboxylic acids is 3. The first-order chi connectivity index (χ1) is 17.8. The Balaban J connectivity index is 1.66. The highest BCUT2D eigenvalue weighted by Gasteiger charge is 2.26. The molecule has 8 nitrogen and oxygen atoms in total. The van der Waals surface area contributed by atoms with Crippen LogP contribution in [0.4, 0.5) is 5.69 Å². The molecule has 0 saturated heterocycles. The number of methoxy groups -OCH3 is 1. The summed E-state index contributed by atoms with van der Waals surface area (Å²) in [6.45, 7) is 0. The van der Waals surface area contributed by atoms with Gasteiger partial charge in [0.05, 0.1) is 24.1 Å². The molecule has 0 radical (unpaired) electrons. The molecule has 1 unspecified atom stereocenters.